The van der Waals surface area contributed by atoms with Crippen LogP contribution in [-0.2, 0) is 111 Å². The van der Waals surface area contributed by atoms with Crippen LogP contribution in [-0.4, -0.2) is 356 Å². The Morgan fingerprint density at radius 3 is 0.952 bits per heavy atom. The normalized spacial score (nSPS) is 25.7. The predicted octanol–water partition coefficient (Wildman–Crippen LogP) is -0.523. The number of nitrogens with zero attached hydrogens (tertiary/aromatic N) is 3. The van der Waals surface area contributed by atoms with Crippen molar-refractivity contribution in [2.24, 2.45) is 23.2 Å². The molecule has 0 spiro atoms. The average Bonchev–Trinajstić information content (AvgIpc) is 0.858. The molecule has 15 atom stereocenters. The number of ketones is 4. The maximum absolute atomic E-state index is 13.9. The highest BCUT2D eigenvalue weighted by Crippen LogP contribution is 2.31. The molecule has 0 bridgehead atoms. The third kappa shape index (κ3) is 39.4. The fourth-order valence-corrected chi connectivity index (χ4v) is 11.4. The molecule has 3 fully saturated rings. The van der Waals surface area contributed by atoms with E-state index in [1.165, 1.54) is 0 Å². The van der Waals surface area contributed by atoms with E-state index in [0.717, 1.165) is 12.8 Å². The van der Waals surface area contributed by atoms with E-state index in [4.69, 9.17) is 85.3 Å². The quantitative estimate of drug-likeness (QED) is 0.0370. The molecule has 4 rings (SSSR count). The summed E-state index contributed by atoms with van der Waals surface area (Å²) in [5.41, 5.74) is -1.03. The molecule has 34 heteroatoms. The molecule has 0 aromatic carbocycles. The molecule has 606 valence electrons. The number of Topliss-reactive ketones (excluding diaryl/α,β-unsaturated/α-hetero) is 4. The number of carbonyl (C=O) groups excluding carboxylic acids is 4. The second-order valence-electron chi connectivity index (χ2n) is 26.3. The smallest absolute Gasteiger partial charge is 0.163 e. The van der Waals surface area contributed by atoms with Gasteiger partial charge >= 0.3 is 0 Å². The molecule has 1 aromatic rings. The summed E-state index contributed by atoms with van der Waals surface area (Å²) in [5.74, 6) is -1.65. The topological polar surface area (TPSA) is 447 Å². The van der Waals surface area contributed by atoms with Crippen LogP contribution >= 0.6 is 0 Å². The fourth-order valence-electron chi connectivity index (χ4n) is 11.4. The molecule has 3 saturated heterocycles. The van der Waals surface area contributed by atoms with Gasteiger partial charge in [0.15, 0.2) is 18.9 Å². The molecular weight excluding hydrogens is 1380 g/mol. The van der Waals surface area contributed by atoms with Crippen LogP contribution in [0.25, 0.3) is 0 Å². The lowest BCUT2D eigenvalue weighted by Crippen LogP contribution is -2.55. The molecule has 104 heavy (non-hydrogen) atoms. The summed E-state index contributed by atoms with van der Waals surface area (Å²) in [5, 5.41) is 96.9. The number of rotatable bonds is 68. The zero-order chi connectivity index (χ0) is 75.4. The van der Waals surface area contributed by atoms with Gasteiger partial charge < -0.3 is 131 Å². The lowest BCUT2D eigenvalue weighted by Gasteiger charge is -2.40. The number of carbonyl (C=O) groups is 4. The molecule has 0 aliphatic carbocycles. The Kier molecular flexibility index (Phi) is 51.7. The van der Waals surface area contributed by atoms with Crippen molar-refractivity contribution in [1.82, 2.24) is 15.0 Å². The van der Waals surface area contributed by atoms with E-state index < -0.39 is 117 Å². The van der Waals surface area contributed by atoms with E-state index in [1.54, 1.807) is 37.8 Å². The molecule has 0 amide bonds. The fraction of sp³-hybridized carbons (Fsp3) is 0.914. The summed E-state index contributed by atoms with van der Waals surface area (Å²) in [4.78, 5) is 53.1. The third-order valence-corrected chi connectivity index (χ3v) is 17.7. The molecule has 0 radical (unpaired) electrons. The van der Waals surface area contributed by atoms with Gasteiger partial charge in [0.1, 0.15) is 59.8 Å². The van der Waals surface area contributed by atoms with Crippen LogP contribution in [0, 0.1) is 23.2 Å². The van der Waals surface area contributed by atoms with E-state index in [0.29, 0.717) is 131 Å². The third-order valence-electron chi connectivity index (χ3n) is 17.7. The van der Waals surface area contributed by atoms with Crippen molar-refractivity contribution in [1.29, 1.82) is 0 Å². The Hall–Kier alpha value is -3.26. The van der Waals surface area contributed by atoms with Crippen LogP contribution in [0.5, 0.6) is 0 Å². The van der Waals surface area contributed by atoms with Gasteiger partial charge in [-0.3, -0.25) is 23.9 Å². The molecule has 9 N–H and O–H groups in total. The highest BCUT2D eigenvalue weighted by atomic mass is 16.7. The average molecular weight is 1500 g/mol. The molecule has 34 nitrogen and oxygen atoms in total. The summed E-state index contributed by atoms with van der Waals surface area (Å²) < 4.78 is 104. The summed E-state index contributed by atoms with van der Waals surface area (Å²) in [7, 11) is 0. The van der Waals surface area contributed by atoms with Crippen molar-refractivity contribution in [3.8, 4) is 0 Å². The van der Waals surface area contributed by atoms with Crippen LogP contribution in [0.2, 0.25) is 0 Å². The summed E-state index contributed by atoms with van der Waals surface area (Å²) in [6.07, 6.45) is -3.67. The standard InChI is InChI=1S/C70H125N3O31/c1-51-61(81)64(84)58(45-74)102-67(51)99-41-38-93-35-32-90-29-26-87-20-7-11-54(77)14-23-96-48-70(44-57(80)10-5-4-6-18-73-19-17-71-72-73,49-97-24-15-55(78)12-8-21-88-27-30-91-33-36-94-39-42-100-68-52(2)62(82)65(85)59(46-75)103-68)50-98-25-16-56(79)13-9-22-89-28-31-92-34-37-95-40-43-101-69-53(3)63(83)66(86)60(47-76)104-69/h17,19,51-53,58-69,74-76,81-86H,4-16,18,20-50H2,1-3H3. The first-order valence-corrected chi connectivity index (χ1v) is 37.0. The minimum absolute atomic E-state index is 0.00417. The van der Waals surface area contributed by atoms with Gasteiger partial charge in [0.25, 0.3) is 0 Å². The van der Waals surface area contributed by atoms with Crippen molar-refractivity contribution in [3.05, 3.63) is 12.4 Å². The minimum atomic E-state index is -1.20. The van der Waals surface area contributed by atoms with Crippen LogP contribution < -0.4 is 0 Å². The molecule has 4 heterocycles. The Bertz CT molecular complexity index is 2100. The van der Waals surface area contributed by atoms with Crippen molar-refractivity contribution in [2.75, 3.05) is 198 Å². The van der Waals surface area contributed by atoms with Gasteiger partial charge in [0.05, 0.1) is 203 Å². The van der Waals surface area contributed by atoms with Crippen LogP contribution in [0.15, 0.2) is 12.4 Å². The van der Waals surface area contributed by atoms with E-state index in [-0.39, 0.29) is 154 Å². The van der Waals surface area contributed by atoms with E-state index in [1.807, 2.05) is 0 Å². The zero-order valence-corrected chi connectivity index (χ0v) is 61.5. The Labute approximate surface area is 611 Å². The number of hydrogen-bond acceptors (Lipinski definition) is 33. The lowest BCUT2D eigenvalue weighted by atomic mass is 9.84. The molecular formula is C70H125N3O31. The molecule has 3 aliphatic rings. The number of ether oxygens (including phenoxy) is 18. The zero-order valence-electron chi connectivity index (χ0n) is 61.5. The van der Waals surface area contributed by atoms with Gasteiger partial charge in [-0.25, -0.2) is 0 Å². The number of aliphatic hydroxyl groups is 9. The highest BCUT2D eigenvalue weighted by molar-refractivity contribution is 5.80. The van der Waals surface area contributed by atoms with Crippen LogP contribution in [0.1, 0.15) is 111 Å². The summed E-state index contributed by atoms with van der Waals surface area (Å²) >= 11 is 0. The van der Waals surface area contributed by atoms with Crippen LogP contribution in [0.4, 0.5) is 0 Å². The van der Waals surface area contributed by atoms with Gasteiger partial charge in [-0.2, -0.15) is 0 Å². The van der Waals surface area contributed by atoms with Gasteiger partial charge in [0, 0.05) is 107 Å². The van der Waals surface area contributed by atoms with Gasteiger partial charge in [0.2, 0.25) is 0 Å². The van der Waals surface area contributed by atoms with Crippen molar-refractivity contribution in [3.63, 3.8) is 0 Å². The number of aromatic nitrogens is 3. The Balaban J connectivity index is 1.16. The van der Waals surface area contributed by atoms with Gasteiger partial charge in [-0.05, 0) is 32.1 Å². The predicted molar refractivity (Wildman–Crippen MR) is 366 cm³/mol. The minimum Gasteiger partial charge on any atom is -0.394 e. The highest BCUT2D eigenvalue weighted by Gasteiger charge is 2.45. The first-order valence-electron chi connectivity index (χ1n) is 37.0. The number of aryl methyl sites for hydroxylation is 1. The summed E-state index contributed by atoms with van der Waals surface area (Å²) in [6, 6.07) is 0. The second kappa shape index (κ2) is 57.8. The van der Waals surface area contributed by atoms with E-state index in [2.05, 4.69) is 10.3 Å². The summed E-state index contributed by atoms with van der Waals surface area (Å²) in [6.45, 7) is 10.5. The first-order chi connectivity index (χ1) is 50.4. The second-order valence-corrected chi connectivity index (χ2v) is 26.3. The monoisotopic (exact) mass is 1500 g/mol. The molecule has 1 aromatic heterocycles. The molecule has 0 saturated carbocycles. The van der Waals surface area contributed by atoms with E-state index in [9.17, 15) is 65.1 Å². The number of hydrogen-bond donors (Lipinski definition) is 9. The molecule has 3 aliphatic heterocycles. The van der Waals surface area contributed by atoms with Gasteiger partial charge in [-0.15, -0.1) is 5.10 Å². The lowest BCUT2D eigenvalue weighted by molar-refractivity contribution is -0.284. The number of unbranched alkanes of at least 4 members (excludes halogenated alkanes) is 2. The van der Waals surface area contributed by atoms with E-state index >= 15 is 0 Å². The largest absolute Gasteiger partial charge is 0.394 e. The maximum Gasteiger partial charge on any atom is 0.163 e. The SMILES string of the molecule is CC1C(OCCOCCOCCOCCCC(=O)CCOCC(COCCC(=O)CCCOCCOCCOCCOC2OC(CO)C(O)C(O)C2C)(COCCC(=O)CCCOCCOCCOCCOC2OC(CO)C(O)C(O)C2C)CC(=O)CCCCCn2ccnn2)OC(CO)C(O)C1O. The molecule has 15 unspecified atom stereocenters. The Morgan fingerprint density at radius 2 is 0.654 bits per heavy atom. The van der Waals surface area contributed by atoms with Crippen molar-refractivity contribution in [2.45, 2.75) is 191 Å². The van der Waals surface area contributed by atoms with Crippen molar-refractivity contribution >= 4 is 23.1 Å². The number of aliphatic hydroxyl groups excluding tert-OH is 9. The van der Waals surface area contributed by atoms with Crippen molar-refractivity contribution < 1.29 is 150 Å². The maximum atomic E-state index is 13.9. The first kappa shape index (κ1) is 93.1. The van der Waals surface area contributed by atoms with Gasteiger partial charge in [-0.1, -0.05) is 32.4 Å². The Morgan fingerprint density at radius 1 is 0.356 bits per heavy atom. The van der Waals surface area contributed by atoms with Crippen LogP contribution in [0.3, 0.4) is 0 Å².